The smallest absolute Gasteiger partial charge is 0.410 e. The molecule has 1 N–H and O–H groups in total. The number of nitrogens with zero attached hydrogens (tertiary/aromatic N) is 7. The summed E-state index contributed by atoms with van der Waals surface area (Å²) in [6.45, 7) is 15.2. The Morgan fingerprint density at radius 2 is 1.15 bits per heavy atom. The minimum absolute atomic E-state index is 0.166. The summed E-state index contributed by atoms with van der Waals surface area (Å²) in [5, 5.41) is 4.82. The van der Waals surface area contributed by atoms with E-state index in [0.717, 1.165) is 62.0 Å². The van der Waals surface area contributed by atoms with E-state index in [1.807, 2.05) is 51.3 Å². The number of alkyl halides is 1. The SMILES string of the molecule is CC(C)(C)OC(=O)N1CC2CCC(C1)N2.CC(C)(C)OC(=O)N1CC2CCC(C1)N2Cc1cnc(Cl)nc1.Clc1ncc(CBr)cn1. The van der Waals surface area contributed by atoms with Gasteiger partial charge in [0.25, 0.3) is 0 Å². The van der Waals surface area contributed by atoms with Crippen LogP contribution in [0.4, 0.5) is 9.59 Å². The highest BCUT2D eigenvalue weighted by atomic mass is 79.9. The number of fused-ring (bicyclic) bond motifs is 4. The lowest BCUT2D eigenvalue weighted by molar-refractivity contribution is -0.000188. The van der Waals surface area contributed by atoms with Gasteiger partial charge >= 0.3 is 12.2 Å². The van der Waals surface area contributed by atoms with Gasteiger partial charge in [-0.1, -0.05) is 15.9 Å². The summed E-state index contributed by atoms with van der Waals surface area (Å²) in [5.74, 6) is 0. The number of halogens is 3. The maximum Gasteiger partial charge on any atom is 0.410 e. The van der Waals surface area contributed by atoms with E-state index >= 15 is 0 Å². The third-order valence-electron chi connectivity index (χ3n) is 8.02. The fourth-order valence-corrected chi connectivity index (χ4v) is 6.52. The Hall–Kier alpha value is -2.32. The van der Waals surface area contributed by atoms with E-state index < -0.39 is 5.60 Å². The van der Waals surface area contributed by atoms with E-state index in [2.05, 4.69) is 46.1 Å². The molecule has 4 unspecified atom stereocenters. The molecule has 6 heterocycles. The first kappa shape index (κ1) is 37.5. The molecule has 4 saturated heterocycles. The maximum absolute atomic E-state index is 12.3. The average Bonchev–Trinajstić information content (AvgIpc) is 3.43. The Morgan fingerprint density at radius 1 is 0.745 bits per heavy atom. The van der Waals surface area contributed by atoms with E-state index in [4.69, 9.17) is 32.7 Å². The van der Waals surface area contributed by atoms with Gasteiger partial charge < -0.3 is 24.6 Å². The van der Waals surface area contributed by atoms with Crippen LogP contribution in [-0.4, -0.2) is 108 Å². The summed E-state index contributed by atoms with van der Waals surface area (Å²) in [4.78, 5) is 45.9. The molecule has 0 spiro atoms. The standard InChI is InChI=1S/C16H23ClN4O2.C11H20N2O2.C5H4BrClN2/c1-16(2,3)23-15(22)20-9-12-4-5-13(10-20)21(12)8-11-6-18-14(17)19-7-11;1-11(2,3)15-10(14)13-6-8-4-5-9(7-13)12-8;6-1-4-2-8-5(7)9-3-4/h6-7,12-13H,4-5,8-10H2,1-3H3;8-9,12H,4-7H2,1-3H3;2-3H,1H2. The van der Waals surface area contributed by atoms with Crippen LogP contribution in [0.5, 0.6) is 0 Å². The Kier molecular flexibility index (Phi) is 13.1. The Balaban J connectivity index is 0.000000178. The number of likely N-dealkylation sites (tertiary alicyclic amines) is 2. The molecule has 4 atom stereocenters. The molecule has 2 amide bonds. The quantitative estimate of drug-likeness (QED) is 0.290. The molecule has 4 aliphatic heterocycles. The van der Waals surface area contributed by atoms with Gasteiger partial charge in [-0.3, -0.25) is 4.90 Å². The number of nitrogens with one attached hydrogen (secondary N) is 1. The third kappa shape index (κ3) is 12.0. The molecule has 0 aromatic carbocycles. The summed E-state index contributed by atoms with van der Waals surface area (Å²) >= 11 is 14.4. The molecule has 47 heavy (non-hydrogen) atoms. The van der Waals surface area contributed by atoms with Crippen molar-refractivity contribution in [1.82, 2.24) is 40.0 Å². The molecular weight excluding hydrogens is 711 g/mol. The van der Waals surface area contributed by atoms with Gasteiger partial charge in [-0.2, -0.15) is 0 Å². The molecule has 0 radical (unpaired) electrons. The molecule has 4 aliphatic rings. The highest BCUT2D eigenvalue weighted by Gasteiger charge is 2.42. The van der Waals surface area contributed by atoms with Gasteiger partial charge in [-0.05, 0) is 96.0 Å². The number of amides is 2. The van der Waals surface area contributed by atoms with Crippen LogP contribution in [0.1, 0.15) is 78.4 Å². The van der Waals surface area contributed by atoms with Crippen molar-refractivity contribution in [3.05, 3.63) is 46.5 Å². The van der Waals surface area contributed by atoms with Crippen LogP contribution < -0.4 is 5.32 Å². The summed E-state index contributed by atoms with van der Waals surface area (Å²) in [7, 11) is 0. The van der Waals surface area contributed by atoms with Gasteiger partial charge in [0.2, 0.25) is 10.6 Å². The third-order valence-corrected chi connectivity index (χ3v) is 9.06. The Bertz CT molecular complexity index is 1300. The predicted octanol–water partition coefficient (Wildman–Crippen LogP) is 6.10. The summed E-state index contributed by atoms with van der Waals surface area (Å²) in [6.07, 6.45) is 11.1. The van der Waals surface area contributed by atoms with Crippen molar-refractivity contribution in [3.63, 3.8) is 0 Å². The lowest BCUT2D eigenvalue weighted by atomic mass is 10.1. The summed E-state index contributed by atoms with van der Waals surface area (Å²) in [5.41, 5.74) is 1.24. The molecule has 0 aliphatic carbocycles. The Labute approximate surface area is 296 Å². The molecule has 6 rings (SSSR count). The van der Waals surface area contributed by atoms with E-state index in [0.29, 0.717) is 29.5 Å². The number of aromatic nitrogens is 4. The minimum Gasteiger partial charge on any atom is -0.444 e. The fourth-order valence-electron chi connectivity index (χ4n) is 6.04. The van der Waals surface area contributed by atoms with E-state index in [9.17, 15) is 9.59 Å². The van der Waals surface area contributed by atoms with Crippen molar-refractivity contribution < 1.29 is 19.1 Å². The topological polar surface area (TPSA) is 126 Å². The first-order valence-corrected chi connectivity index (χ1v) is 17.9. The molecule has 12 nitrogen and oxygen atoms in total. The van der Waals surface area contributed by atoms with Crippen molar-refractivity contribution >= 4 is 51.3 Å². The summed E-state index contributed by atoms with van der Waals surface area (Å²) < 4.78 is 10.9. The van der Waals surface area contributed by atoms with Crippen LogP contribution in [0.25, 0.3) is 0 Å². The lowest BCUT2D eigenvalue weighted by Gasteiger charge is -2.41. The van der Waals surface area contributed by atoms with Crippen LogP contribution in [0.2, 0.25) is 10.6 Å². The Morgan fingerprint density at radius 3 is 1.55 bits per heavy atom. The average molecular weight is 759 g/mol. The molecular formula is C32H47BrCl2N8O4. The lowest BCUT2D eigenvalue weighted by Crippen LogP contribution is -2.55. The van der Waals surface area contributed by atoms with E-state index in [1.165, 1.54) is 12.8 Å². The normalized spacial score (nSPS) is 23.7. The van der Waals surface area contributed by atoms with Crippen LogP contribution in [0.3, 0.4) is 0 Å². The zero-order chi connectivity index (χ0) is 34.4. The largest absolute Gasteiger partial charge is 0.444 e. The van der Waals surface area contributed by atoms with Gasteiger partial charge in [0, 0.05) is 92.6 Å². The second-order valence-corrected chi connectivity index (χ2v) is 15.6. The number of carbonyl (C=O) groups is 2. The minimum atomic E-state index is -0.450. The van der Waals surface area contributed by atoms with Gasteiger partial charge in [0.15, 0.2) is 0 Å². The highest BCUT2D eigenvalue weighted by molar-refractivity contribution is 9.08. The maximum atomic E-state index is 12.3. The monoisotopic (exact) mass is 756 g/mol. The fraction of sp³-hybridized carbons (Fsp3) is 0.688. The van der Waals surface area contributed by atoms with Crippen molar-refractivity contribution in [2.75, 3.05) is 26.2 Å². The number of hydrogen-bond donors (Lipinski definition) is 1. The first-order valence-electron chi connectivity index (χ1n) is 16.0. The van der Waals surface area contributed by atoms with Crippen LogP contribution in [0.15, 0.2) is 24.8 Å². The van der Waals surface area contributed by atoms with Gasteiger partial charge in [-0.15, -0.1) is 0 Å². The van der Waals surface area contributed by atoms with E-state index in [-0.39, 0.29) is 23.1 Å². The second kappa shape index (κ2) is 16.4. The number of rotatable bonds is 3. The van der Waals surface area contributed by atoms with Crippen molar-refractivity contribution in [2.45, 2.75) is 114 Å². The molecule has 2 aromatic rings. The molecule has 15 heteroatoms. The molecule has 4 bridgehead atoms. The zero-order valence-electron chi connectivity index (χ0n) is 28.1. The predicted molar refractivity (Wildman–Crippen MR) is 185 cm³/mol. The van der Waals surface area contributed by atoms with Crippen molar-refractivity contribution in [2.24, 2.45) is 0 Å². The highest BCUT2D eigenvalue weighted by Crippen LogP contribution is 2.32. The number of ether oxygens (including phenoxy) is 2. The molecule has 4 fully saturated rings. The number of piperazine rings is 2. The molecule has 0 saturated carbocycles. The van der Waals surface area contributed by atoms with Crippen LogP contribution in [0, 0.1) is 0 Å². The second-order valence-electron chi connectivity index (χ2n) is 14.3. The van der Waals surface area contributed by atoms with Crippen molar-refractivity contribution in [1.29, 1.82) is 0 Å². The van der Waals surface area contributed by atoms with E-state index in [1.54, 1.807) is 24.8 Å². The van der Waals surface area contributed by atoms with Crippen molar-refractivity contribution in [3.8, 4) is 0 Å². The molecule has 260 valence electrons. The van der Waals surface area contributed by atoms with Gasteiger partial charge in [0.1, 0.15) is 11.2 Å². The number of carbonyl (C=O) groups excluding carboxylic acids is 2. The van der Waals surface area contributed by atoms with Crippen LogP contribution in [-0.2, 0) is 21.3 Å². The number of hydrogen-bond acceptors (Lipinski definition) is 10. The zero-order valence-corrected chi connectivity index (χ0v) is 31.2. The summed E-state index contributed by atoms with van der Waals surface area (Å²) in [6, 6.07) is 1.71. The van der Waals surface area contributed by atoms with Gasteiger partial charge in [-0.25, -0.2) is 29.5 Å². The van der Waals surface area contributed by atoms with Crippen LogP contribution >= 0.6 is 39.1 Å². The van der Waals surface area contributed by atoms with Gasteiger partial charge in [0.05, 0.1) is 0 Å². The molecule has 2 aromatic heterocycles. The first-order chi connectivity index (χ1) is 22.1.